The van der Waals surface area contributed by atoms with E-state index in [1.807, 2.05) is 0 Å². The van der Waals surface area contributed by atoms with Crippen molar-refractivity contribution in [1.82, 2.24) is 25.3 Å². The van der Waals surface area contributed by atoms with Crippen molar-refractivity contribution in [3.8, 4) is 0 Å². The van der Waals surface area contributed by atoms with Gasteiger partial charge in [0.05, 0.1) is 5.69 Å². The average Bonchev–Trinajstić information content (AvgIpc) is 2.70. The Kier molecular flexibility index (Phi) is 2.21. The van der Waals surface area contributed by atoms with Crippen LogP contribution < -0.4 is 11.0 Å². The van der Waals surface area contributed by atoms with Gasteiger partial charge in [0, 0.05) is 5.92 Å². The first-order valence-electron chi connectivity index (χ1n) is 5.48. The lowest BCUT2D eigenvalue weighted by Gasteiger charge is -2.21. The molecule has 1 aliphatic rings. The Morgan fingerprint density at radius 2 is 2.00 bits per heavy atom. The summed E-state index contributed by atoms with van der Waals surface area (Å²) in [7, 11) is 0. The van der Waals surface area contributed by atoms with E-state index in [-0.39, 0.29) is 5.69 Å². The number of nitrogens with zero attached hydrogens (tertiary/aromatic N) is 2. The predicted molar refractivity (Wildman–Crippen MR) is 59.4 cm³/mol. The third-order valence-corrected chi connectivity index (χ3v) is 3.07. The Morgan fingerprint density at radius 3 is 2.81 bits per heavy atom. The zero-order valence-corrected chi connectivity index (χ0v) is 8.79. The number of hydrogen-bond acceptors (Lipinski definition) is 4. The summed E-state index contributed by atoms with van der Waals surface area (Å²) in [6.45, 7) is 2.01. The van der Waals surface area contributed by atoms with E-state index in [0.717, 1.165) is 37.1 Å². The molecule has 3 heterocycles. The van der Waals surface area contributed by atoms with Crippen LogP contribution in [0.1, 0.15) is 24.5 Å². The van der Waals surface area contributed by atoms with Crippen molar-refractivity contribution in [2.45, 2.75) is 18.8 Å². The largest absolute Gasteiger partial charge is 0.325 e. The minimum Gasteiger partial charge on any atom is -0.317 e. The van der Waals surface area contributed by atoms with Crippen molar-refractivity contribution in [2.24, 2.45) is 0 Å². The molecule has 0 radical (unpaired) electrons. The van der Waals surface area contributed by atoms with Gasteiger partial charge in [-0.05, 0) is 25.9 Å². The van der Waals surface area contributed by atoms with E-state index >= 15 is 0 Å². The molecule has 0 bridgehead atoms. The van der Waals surface area contributed by atoms with Crippen LogP contribution in [0.5, 0.6) is 0 Å². The summed E-state index contributed by atoms with van der Waals surface area (Å²) in [5.74, 6) is 0.415. The molecule has 84 valence electrons. The van der Waals surface area contributed by atoms with Crippen LogP contribution in [-0.2, 0) is 0 Å². The predicted octanol–water partition coefficient (Wildman–Crippen LogP) is 0.113. The summed E-state index contributed by atoms with van der Waals surface area (Å²) < 4.78 is 0. The molecule has 0 saturated carbocycles. The smallest absolute Gasteiger partial charge is 0.317 e. The molecule has 3 rings (SSSR count). The molecule has 6 heteroatoms. The van der Waals surface area contributed by atoms with Gasteiger partial charge in [-0.2, -0.15) is 0 Å². The normalized spacial score (nSPS) is 18.0. The second-order valence-corrected chi connectivity index (χ2v) is 4.09. The van der Waals surface area contributed by atoms with Crippen molar-refractivity contribution >= 4 is 11.2 Å². The number of aromatic nitrogens is 4. The maximum absolute atomic E-state index is 11.2. The van der Waals surface area contributed by atoms with Crippen molar-refractivity contribution in [2.75, 3.05) is 13.1 Å². The Balaban J connectivity index is 2.11. The molecule has 0 amide bonds. The van der Waals surface area contributed by atoms with Gasteiger partial charge in [0.2, 0.25) is 0 Å². The highest BCUT2D eigenvalue weighted by Gasteiger charge is 2.20. The van der Waals surface area contributed by atoms with E-state index in [1.54, 1.807) is 0 Å². The fraction of sp³-hybridized carbons (Fsp3) is 0.500. The summed E-state index contributed by atoms with van der Waals surface area (Å²) in [5.41, 5.74) is 2.11. The number of aromatic amines is 2. The van der Waals surface area contributed by atoms with Crippen LogP contribution in [0.25, 0.3) is 11.2 Å². The monoisotopic (exact) mass is 219 g/mol. The molecule has 0 aliphatic carbocycles. The molecule has 16 heavy (non-hydrogen) atoms. The van der Waals surface area contributed by atoms with Gasteiger partial charge in [-0.15, -0.1) is 0 Å². The Morgan fingerprint density at radius 1 is 1.19 bits per heavy atom. The van der Waals surface area contributed by atoms with Gasteiger partial charge in [-0.1, -0.05) is 0 Å². The van der Waals surface area contributed by atoms with Crippen LogP contribution >= 0.6 is 0 Å². The summed E-state index contributed by atoms with van der Waals surface area (Å²) in [5, 5.41) is 3.31. The second kappa shape index (κ2) is 3.71. The maximum Gasteiger partial charge on any atom is 0.325 e. The Bertz CT molecular complexity index is 552. The average molecular weight is 219 g/mol. The topological polar surface area (TPSA) is 86.5 Å². The third-order valence-electron chi connectivity index (χ3n) is 3.07. The van der Waals surface area contributed by atoms with Gasteiger partial charge in [0.15, 0.2) is 5.65 Å². The van der Waals surface area contributed by atoms with Gasteiger partial charge >= 0.3 is 5.69 Å². The third kappa shape index (κ3) is 1.51. The molecule has 1 aliphatic heterocycles. The maximum atomic E-state index is 11.2. The zero-order chi connectivity index (χ0) is 11.0. The highest BCUT2D eigenvalue weighted by Crippen LogP contribution is 2.26. The molecule has 2 aromatic rings. The molecule has 6 nitrogen and oxygen atoms in total. The van der Waals surface area contributed by atoms with Crippen molar-refractivity contribution in [1.29, 1.82) is 0 Å². The summed E-state index contributed by atoms with van der Waals surface area (Å²) in [6.07, 6.45) is 3.63. The van der Waals surface area contributed by atoms with E-state index in [4.69, 9.17) is 0 Å². The van der Waals surface area contributed by atoms with Gasteiger partial charge in [-0.3, -0.25) is 4.98 Å². The first kappa shape index (κ1) is 9.53. The minimum atomic E-state index is -0.217. The van der Waals surface area contributed by atoms with Gasteiger partial charge < -0.3 is 10.3 Å². The summed E-state index contributed by atoms with van der Waals surface area (Å²) in [6, 6.07) is 0. The molecule has 1 saturated heterocycles. The highest BCUT2D eigenvalue weighted by molar-refractivity contribution is 5.72. The van der Waals surface area contributed by atoms with E-state index in [0.29, 0.717) is 11.6 Å². The Hall–Kier alpha value is -1.69. The van der Waals surface area contributed by atoms with E-state index in [2.05, 4.69) is 25.3 Å². The number of rotatable bonds is 1. The van der Waals surface area contributed by atoms with E-state index in [1.165, 1.54) is 6.33 Å². The molecule has 1 fully saturated rings. The number of H-pyrrole nitrogens is 2. The van der Waals surface area contributed by atoms with Crippen LogP contribution in [0.15, 0.2) is 11.1 Å². The molecule has 3 N–H and O–H groups in total. The number of imidazole rings is 1. The molecule has 2 aromatic heterocycles. The quantitative estimate of drug-likeness (QED) is 0.635. The summed E-state index contributed by atoms with van der Waals surface area (Å²) in [4.78, 5) is 25.0. The second-order valence-electron chi connectivity index (χ2n) is 4.09. The van der Waals surface area contributed by atoms with Crippen molar-refractivity contribution in [3.63, 3.8) is 0 Å². The molecular weight excluding hydrogens is 206 g/mol. The van der Waals surface area contributed by atoms with Crippen molar-refractivity contribution in [3.05, 3.63) is 22.5 Å². The first-order chi connectivity index (χ1) is 7.84. The summed E-state index contributed by atoms with van der Waals surface area (Å²) >= 11 is 0. The minimum absolute atomic E-state index is 0.217. The van der Waals surface area contributed by atoms with Gasteiger partial charge in [-0.25, -0.2) is 14.8 Å². The van der Waals surface area contributed by atoms with Crippen LogP contribution in [0, 0.1) is 0 Å². The molecular formula is C10H13N5O. The fourth-order valence-electron chi connectivity index (χ4n) is 2.27. The Labute approximate surface area is 91.5 Å². The lowest BCUT2D eigenvalue weighted by molar-refractivity contribution is 0.455. The van der Waals surface area contributed by atoms with Gasteiger partial charge in [0.1, 0.15) is 11.8 Å². The standard InChI is InChI=1S/C10H13N5O/c16-10-14-8-7(6-1-3-11-4-2-6)12-5-13-9(8)15-10/h5-6,11H,1-4H2,(H2,12,13,14,15,16). The fourth-order valence-corrected chi connectivity index (χ4v) is 2.27. The SMILES string of the molecule is O=c1[nH]c2ncnc(C3CCNCC3)c2[nH]1. The lowest BCUT2D eigenvalue weighted by Crippen LogP contribution is -2.27. The van der Waals surface area contributed by atoms with Crippen molar-refractivity contribution < 1.29 is 0 Å². The molecule has 0 aromatic carbocycles. The highest BCUT2D eigenvalue weighted by atomic mass is 16.1. The van der Waals surface area contributed by atoms with Crippen LogP contribution in [0.2, 0.25) is 0 Å². The molecule has 0 atom stereocenters. The lowest BCUT2D eigenvalue weighted by atomic mass is 9.94. The first-order valence-corrected chi connectivity index (χ1v) is 5.48. The van der Waals surface area contributed by atoms with E-state index < -0.39 is 0 Å². The molecule has 0 spiro atoms. The number of fused-ring (bicyclic) bond motifs is 1. The number of hydrogen-bond donors (Lipinski definition) is 3. The van der Waals surface area contributed by atoms with Crippen LogP contribution in [0.3, 0.4) is 0 Å². The zero-order valence-electron chi connectivity index (χ0n) is 8.79. The number of nitrogens with one attached hydrogen (secondary N) is 3. The van der Waals surface area contributed by atoms with Gasteiger partial charge in [0.25, 0.3) is 0 Å². The number of piperidine rings is 1. The van der Waals surface area contributed by atoms with E-state index in [9.17, 15) is 4.79 Å². The van der Waals surface area contributed by atoms with Crippen LogP contribution in [0.4, 0.5) is 0 Å². The molecule has 0 unspecified atom stereocenters. The van der Waals surface area contributed by atoms with Crippen LogP contribution in [-0.4, -0.2) is 33.0 Å².